The van der Waals surface area contributed by atoms with E-state index in [0.29, 0.717) is 32.5 Å². The maximum atomic E-state index is 12.5. The number of nitrogens with zero attached hydrogens (tertiary/aromatic N) is 4. The van der Waals surface area contributed by atoms with Gasteiger partial charge in [0.25, 0.3) is 5.91 Å². The summed E-state index contributed by atoms with van der Waals surface area (Å²) in [6.07, 6.45) is 3.01. The van der Waals surface area contributed by atoms with Crippen molar-refractivity contribution in [2.24, 2.45) is 4.99 Å². The van der Waals surface area contributed by atoms with Crippen LogP contribution in [0, 0.1) is 0 Å². The third-order valence-corrected chi connectivity index (χ3v) is 5.65. The van der Waals surface area contributed by atoms with Crippen molar-refractivity contribution in [3.8, 4) is 11.3 Å². The number of aromatic nitrogens is 2. The Bertz CT molecular complexity index is 963. The fourth-order valence-corrected chi connectivity index (χ4v) is 3.58. The SMILES string of the molecule is CCNC(=NCCCN1C(=O)NC(C)(CC)C1=O)N(C)Cc1ncc(-c2ccccc2)[nH]1.I. The van der Waals surface area contributed by atoms with Gasteiger partial charge in [0.2, 0.25) is 0 Å². The van der Waals surface area contributed by atoms with Crippen LogP contribution in [0.1, 0.15) is 39.4 Å². The highest BCUT2D eigenvalue weighted by Gasteiger charge is 2.45. The number of carbonyl (C=O) groups excluding carboxylic acids is 2. The number of hydrogen-bond donors (Lipinski definition) is 3. The molecule has 3 amide bonds. The van der Waals surface area contributed by atoms with E-state index < -0.39 is 5.54 Å². The predicted molar refractivity (Wildman–Crippen MR) is 140 cm³/mol. The van der Waals surface area contributed by atoms with Gasteiger partial charge < -0.3 is 20.5 Å². The van der Waals surface area contributed by atoms with Gasteiger partial charge in [-0.3, -0.25) is 14.7 Å². The van der Waals surface area contributed by atoms with Crippen molar-refractivity contribution < 1.29 is 9.59 Å². The Kier molecular flexibility index (Phi) is 9.69. The van der Waals surface area contributed by atoms with Gasteiger partial charge in [-0.1, -0.05) is 37.3 Å². The number of carbonyl (C=O) groups is 2. The lowest BCUT2D eigenvalue weighted by Crippen LogP contribution is -2.43. The van der Waals surface area contributed by atoms with Gasteiger partial charge >= 0.3 is 6.03 Å². The zero-order chi connectivity index (χ0) is 23.1. The van der Waals surface area contributed by atoms with Crippen LogP contribution < -0.4 is 10.6 Å². The summed E-state index contributed by atoms with van der Waals surface area (Å²) in [6, 6.07) is 9.75. The second-order valence-electron chi connectivity index (χ2n) is 8.13. The second kappa shape index (κ2) is 12.0. The average molecular weight is 567 g/mol. The Balaban J connectivity index is 0.00000385. The summed E-state index contributed by atoms with van der Waals surface area (Å²) in [5.41, 5.74) is 1.27. The minimum absolute atomic E-state index is 0. The number of hydrogen-bond acceptors (Lipinski definition) is 4. The summed E-state index contributed by atoms with van der Waals surface area (Å²) in [6.45, 7) is 7.83. The quantitative estimate of drug-likeness (QED) is 0.142. The monoisotopic (exact) mass is 567 g/mol. The average Bonchev–Trinajstić information content (AvgIpc) is 3.34. The molecule has 180 valence electrons. The number of amides is 3. The maximum Gasteiger partial charge on any atom is 0.325 e. The van der Waals surface area contributed by atoms with E-state index in [4.69, 9.17) is 0 Å². The zero-order valence-corrected chi connectivity index (χ0v) is 22.1. The highest BCUT2D eigenvalue weighted by molar-refractivity contribution is 14.0. The minimum Gasteiger partial charge on any atom is -0.357 e. The first-order valence-electron chi connectivity index (χ1n) is 11.1. The molecule has 1 aromatic carbocycles. The summed E-state index contributed by atoms with van der Waals surface area (Å²) in [7, 11) is 1.95. The molecule has 33 heavy (non-hydrogen) atoms. The number of nitrogens with one attached hydrogen (secondary N) is 3. The third kappa shape index (κ3) is 6.46. The number of aliphatic imine (C=N–C) groups is 1. The molecule has 0 radical (unpaired) electrons. The van der Waals surface area contributed by atoms with Crippen LogP contribution in [-0.2, 0) is 11.3 Å². The molecule has 9 nitrogen and oxygen atoms in total. The van der Waals surface area contributed by atoms with Crippen LogP contribution in [0.25, 0.3) is 11.3 Å². The van der Waals surface area contributed by atoms with E-state index in [2.05, 4.69) is 25.6 Å². The lowest BCUT2D eigenvalue weighted by Gasteiger charge is -2.21. The van der Waals surface area contributed by atoms with Crippen molar-refractivity contribution in [1.29, 1.82) is 0 Å². The molecule has 1 aromatic heterocycles. The first-order chi connectivity index (χ1) is 15.4. The van der Waals surface area contributed by atoms with Crippen molar-refractivity contribution in [3.05, 3.63) is 42.4 Å². The lowest BCUT2D eigenvalue weighted by molar-refractivity contribution is -0.130. The molecule has 1 fully saturated rings. The lowest BCUT2D eigenvalue weighted by atomic mass is 9.99. The number of imidazole rings is 1. The van der Waals surface area contributed by atoms with Crippen LogP contribution in [-0.4, -0.2) is 69.9 Å². The molecule has 1 saturated heterocycles. The fraction of sp³-hybridized carbons (Fsp3) is 0.478. The Morgan fingerprint density at radius 1 is 1.24 bits per heavy atom. The Morgan fingerprint density at radius 2 is 1.97 bits per heavy atom. The van der Waals surface area contributed by atoms with Crippen LogP contribution in [0.15, 0.2) is 41.5 Å². The molecule has 1 unspecified atom stereocenters. The summed E-state index contributed by atoms with van der Waals surface area (Å²) < 4.78 is 0. The molecule has 1 atom stereocenters. The number of halogens is 1. The first kappa shape index (κ1) is 26.6. The predicted octanol–water partition coefficient (Wildman–Crippen LogP) is 3.20. The third-order valence-electron chi connectivity index (χ3n) is 5.65. The molecule has 2 aromatic rings. The van der Waals surface area contributed by atoms with Crippen molar-refractivity contribution in [3.63, 3.8) is 0 Å². The smallest absolute Gasteiger partial charge is 0.325 e. The van der Waals surface area contributed by atoms with Gasteiger partial charge in [0.1, 0.15) is 11.4 Å². The van der Waals surface area contributed by atoms with Gasteiger partial charge in [-0.25, -0.2) is 9.78 Å². The van der Waals surface area contributed by atoms with E-state index in [1.807, 2.05) is 62.3 Å². The van der Waals surface area contributed by atoms with Crippen LogP contribution in [0.4, 0.5) is 4.79 Å². The number of imide groups is 1. The van der Waals surface area contributed by atoms with Crippen molar-refractivity contribution in [2.45, 2.75) is 45.7 Å². The molecule has 3 rings (SSSR count). The van der Waals surface area contributed by atoms with Gasteiger partial charge in [-0.2, -0.15) is 0 Å². The number of rotatable bonds is 9. The van der Waals surface area contributed by atoms with Crippen molar-refractivity contribution in [1.82, 2.24) is 30.4 Å². The normalized spacial score (nSPS) is 18.2. The molecular weight excluding hydrogens is 533 g/mol. The van der Waals surface area contributed by atoms with Gasteiger partial charge in [0.05, 0.1) is 18.4 Å². The summed E-state index contributed by atoms with van der Waals surface area (Å²) in [4.78, 5) is 40.4. The van der Waals surface area contributed by atoms with Crippen LogP contribution in [0.5, 0.6) is 0 Å². The van der Waals surface area contributed by atoms with E-state index in [9.17, 15) is 9.59 Å². The highest BCUT2D eigenvalue weighted by atomic mass is 127. The first-order valence-corrected chi connectivity index (χ1v) is 11.1. The standard InChI is InChI=1S/C23H33N7O2.HI/c1-5-23(3)20(31)30(22(32)28-23)14-10-13-25-21(24-6-2)29(4)16-19-26-15-18(27-19)17-11-8-7-9-12-17;/h7-9,11-12,15H,5-6,10,13-14,16H2,1-4H3,(H,24,25)(H,26,27)(H,28,32);1H. The molecule has 0 spiro atoms. The molecule has 0 bridgehead atoms. The molecule has 0 aliphatic carbocycles. The molecule has 2 heterocycles. The van der Waals surface area contributed by atoms with Gasteiger partial charge in [0.15, 0.2) is 5.96 Å². The Morgan fingerprint density at radius 3 is 2.61 bits per heavy atom. The van der Waals surface area contributed by atoms with E-state index in [-0.39, 0.29) is 35.9 Å². The second-order valence-corrected chi connectivity index (χ2v) is 8.13. The van der Waals surface area contributed by atoms with Crippen LogP contribution >= 0.6 is 24.0 Å². The maximum absolute atomic E-state index is 12.5. The van der Waals surface area contributed by atoms with Crippen LogP contribution in [0.3, 0.4) is 0 Å². The van der Waals surface area contributed by atoms with E-state index >= 15 is 0 Å². The van der Waals surface area contributed by atoms with E-state index in [1.54, 1.807) is 6.92 Å². The van der Waals surface area contributed by atoms with Gasteiger partial charge in [0, 0.05) is 26.7 Å². The molecule has 10 heteroatoms. The summed E-state index contributed by atoms with van der Waals surface area (Å²) >= 11 is 0. The topological polar surface area (TPSA) is 106 Å². The molecule has 1 aliphatic rings. The van der Waals surface area contributed by atoms with Crippen molar-refractivity contribution >= 4 is 41.9 Å². The van der Waals surface area contributed by atoms with E-state index in [1.165, 1.54) is 4.90 Å². The zero-order valence-electron chi connectivity index (χ0n) is 19.7. The van der Waals surface area contributed by atoms with Gasteiger partial charge in [-0.05, 0) is 32.3 Å². The van der Waals surface area contributed by atoms with Gasteiger partial charge in [-0.15, -0.1) is 24.0 Å². The van der Waals surface area contributed by atoms with Crippen molar-refractivity contribution in [2.75, 3.05) is 26.7 Å². The molecule has 1 aliphatic heterocycles. The number of benzene rings is 1. The highest BCUT2D eigenvalue weighted by Crippen LogP contribution is 2.21. The Labute approximate surface area is 212 Å². The number of guanidine groups is 1. The fourth-order valence-electron chi connectivity index (χ4n) is 3.58. The minimum atomic E-state index is -0.795. The summed E-state index contributed by atoms with van der Waals surface area (Å²) in [5, 5.41) is 6.06. The number of H-pyrrole nitrogens is 1. The van der Waals surface area contributed by atoms with E-state index in [0.717, 1.165) is 29.6 Å². The number of urea groups is 1. The Hall–Kier alpha value is -2.63. The van der Waals surface area contributed by atoms with Crippen LogP contribution in [0.2, 0.25) is 0 Å². The largest absolute Gasteiger partial charge is 0.357 e. The molecular formula is C23H34IN7O2. The number of aromatic amines is 1. The summed E-state index contributed by atoms with van der Waals surface area (Å²) in [5.74, 6) is 1.43. The molecule has 3 N–H and O–H groups in total. The molecule has 0 saturated carbocycles.